The molecule has 0 bridgehead atoms. The Labute approximate surface area is 191 Å². The number of aryl methyl sites for hydroxylation is 1. The monoisotopic (exact) mass is 507 g/mol. The van der Waals surface area contributed by atoms with Gasteiger partial charge in [0.15, 0.2) is 0 Å². The van der Waals surface area contributed by atoms with E-state index in [1.54, 1.807) is 18.2 Å². The molecule has 1 aliphatic rings. The molecule has 31 heavy (non-hydrogen) atoms. The van der Waals surface area contributed by atoms with Crippen molar-refractivity contribution in [1.29, 1.82) is 0 Å². The average molecular weight is 508 g/mol. The number of anilines is 1. The van der Waals surface area contributed by atoms with Crippen molar-refractivity contribution in [2.75, 3.05) is 23.7 Å². The van der Waals surface area contributed by atoms with Gasteiger partial charge in [0.2, 0.25) is 21.8 Å². The molecule has 9 heteroatoms. The molecule has 0 aromatic heterocycles. The van der Waals surface area contributed by atoms with Gasteiger partial charge in [0.25, 0.3) is 0 Å². The molecule has 2 amide bonds. The molecular formula is C22H26BrN3O4S. The molecule has 0 saturated carbocycles. The number of carbonyl (C=O) groups is 2. The predicted octanol–water partition coefficient (Wildman–Crippen LogP) is 2.96. The summed E-state index contributed by atoms with van der Waals surface area (Å²) in [6, 6.07) is 12.8. The summed E-state index contributed by atoms with van der Waals surface area (Å²) in [6.45, 7) is 3.25. The van der Waals surface area contributed by atoms with E-state index in [1.165, 1.54) is 0 Å². The van der Waals surface area contributed by atoms with Crippen LogP contribution in [-0.4, -0.2) is 44.5 Å². The number of likely N-dealkylation sites (tertiary alicyclic amines) is 1. The molecule has 0 aliphatic carbocycles. The SMILES string of the molecule is Cc1cc(N(CC(=O)NCc2ccc(CN3CCCC3=O)cc2)S(C)(=O)=O)ccc1Br. The van der Waals surface area contributed by atoms with Gasteiger partial charge >= 0.3 is 0 Å². The fourth-order valence-electron chi connectivity index (χ4n) is 3.43. The Kier molecular flexibility index (Phi) is 7.38. The largest absolute Gasteiger partial charge is 0.350 e. The first-order valence-corrected chi connectivity index (χ1v) is 12.6. The van der Waals surface area contributed by atoms with Gasteiger partial charge in [-0.3, -0.25) is 13.9 Å². The molecule has 3 rings (SSSR count). The van der Waals surface area contributed by atoms with Crippen LogP contribution in [0, 0.1) is 6.92 Å². The third-order valence-electron chi connectivity index (χ3n) is 5.17. The number of hydrogen-bond acceptors (Lipinski definition) is 4. The van der Waals surface area contributed by atoms with Crippen LogP contribution in [0.5, 0.6) is 0 Å². The van der Waals surface area contributed by atoms with E-state index in [0.29, 0.717) is 25.2 Å². The Hall–Kier alpha value is -2.39. The second kappa shape index (κ2) is 9.82. The van der Waals surface area contributed by atoms with Crippen LogP contribution in [0.15, 0.2) is 46.9 Å². The van der Waals surface area contributed by atoms with Gasteiger partial charge in [0, 0.05) is 30.5 Å². The van der Waals surface area contributed by atoms with E-state index in [4.69, 9.17) is 0 Å². The maximum atomic E-state index is 12.5. The smallest absolute Gasteiger partial charge is 0.241 e. The summed E-state index contributed by atoms with van der Waals surface area (Å²) in [5.74, 6) is -0.203. The third-order valence-corrected chi connectivity index (χ3v) is 7.20. The van der Waals surface area contributed by atoms with Gasteiger partial charge in [-0.15, -0.1) is 0 Å². The minimum Gasteiger partial charge on any atom is -0.350 e. The Bertz CT molecular complexity index is 1070. The first-order chi connectivity index (χ1) is 14.6. The van der Waals surface area contributed by atoms with E-state index < -0.39 is 15.9 Å². The van der Waals surface area contributed by atoms with Crippen LogP contribution in [0.2, 0.25) is 0 Å². The summed E-state index contributed by atoms with van der Waals surface area (Å²) >= 11 is 3.40. The number of sulfonamides is 1. The standard InChI is InChI=1S/C22H26BrN3O4S/c1-16-12-19(9-10-20(16)23)26(31(2,29)30)15-21(27)24-13-17-5-7-18(8-6-17)14-25-11-3-4-22(25)28/h5-10,12H,3-4,11,13-15H2,1-2H3,(H,24,27). The zero-order valence-electron chi connectivity index (χ0n) is 17.6. The Morgan fingerprint density at radius 1 is 1.16 bits per heavy atom. The summed E-state index contributed by atoms with van der Waals surface area (Å²) in [5.41, 5.74) is 3.26. The Balaban J connectivity index is 1.58. The van der Waals surface area contributed by atoms with Crippen molar-refractivity contribution < 1.29 is 18.0 Å². The van der Waals surface area contributed by atoms with Crippen molar-refractivity contribution in [2.24, 2.45) is 0 Å². The summed E-state index contributed by atoms with van der Waals surface area (Å²) in [6.07, 6.45) is 2.61. The van der Waals surface area contributed by atoms with Gasteiger partial charge in [-0.1, -0.05) is 40.2 Å². The number of rotatable bonds is 8. The molecule has 1 heterocycles. The molecule has 7 nitrogen and oxygen atoms in total. The van der Waals surface area contributed by atoms with Crippen LogP contribution in [0.4, 0.5) is 5.69 Å². The topological polar surface area (TPSA) is 86.8 Å². The van der Waals surface area contributed by atoms with Crippen LogP contribution in [-0.2, 0) is 32.7 Å². The van der Waals surface area contributed by atoms with Crippen molar-refractivity contribution in [1.82, 2.24) is 10.2 Å². The van der Waals surface area contributed by atoms with Crippen molar-refractivity contribution in [2.45, 2.75) is 32.9 Å². The quantitative estimate of drug-likeness (QED) is 0.594. The lowest BCUT2D eigenvalue weighted by atomic mass is 10.1. The average Bonchev–Trinajstić information content (AvgIpc) is 3.11. The van der Waals surface area contributed by atoms with E-state index >= 15 is 0 Å². The summed E-state index contributed by atoms with van der Waals surface area (Å²) in [7, 11) is -3.62. The highest BCUT2D eigenvalue weighted by molar-refractivity contribution is 9.10. The molecule has 166 valence electrons. The number of hydrogen-bond donors (Lipinski definition) is 1. The number of amides is 2. The molecule has 1 saturated heterocycles. The molecule has 0 radical (unpaired) electrons. The highest BCUT2D eigenvalue weighted by Crippen LogP contribution is 2.24. The molecular weight excluding hydrogens is 482 g/mol. The maximum Gasteiger partial charge on any atom is 0.241 e. The fraction of sp³-hybridized carbons (Fsp3) is 0.364. The van der Waals surface area contributed by atoms with Crippen molar-refractivity contribution in [3.63, 3.8) is 0 Å². The van der Waals surface area contributed by atoms with Crippen molar-refractivity contribution in [3.8, 4) is 0 Å². The van der Waals surface area contributed by atoms with Gasteiger partial charge < -0.3 is 10.2 Å². The minimum atomic E-state index is -3.62. The lowest BCUT2D eigenvalue weighted by molar-refractivity contribution is -0.128. The first-order valence-electron chi connectivity index (χ1n) is 9.99. The summed E-state index contributed by atoms with van der Waals surface area (Å²) < 4.78 is 26.5. The summed E-state index contributed by atoms with van der Waals surface area (Å²) in [5, 5.41) is 2.78. The molecule has 1 N–H and O–H groups in total. The number of nitrogens with zero attached hydrogens (tertiary/aromatic N) is 2. The van der Waals surface area contributed by atoms with Gasteiger partial charge in [0.1, 0.15) is 6.54 Å². The van der Waals surface area contributed by atoms with E-state index in [9.17, 15) is 18.0 Å². The minimum absolute atomic E-state index is 0.188. The van der Waals surface area contributed by atoms with Crippen LogP contribution in [0.1, 0.15) is 29.5 Å². The second-order valence-corrected chi connectivity index (χ2v) is 10.5. The maximum absolute atomic E-state index is 12.5. The van der Waals surface area contributed by atoms with E-state index in [0.717, 1.165) is 44.7 Å². The number of halogens is 1. The second-order valence-electron chi connectivity index (χ2n) is 7.72. The fourth-order valence-corrected chi connectivity index (χ4v) is 4.52. The Morgan fingerprint density at radius 2 is 1.84 bits per heavy atom. The van der Waals surface area contributed by atoms with Crippen LogP contribution >= 0.6 is 15.9 Å². The van der Waals surface area contributed by atoms with E-state index in [1.807, 2.05) is 36.1 Å². The third kappa shape index (κ3) is 6.30. The number of benzene rings is 2. The van der Waals surface area contributed by atoms with Crippen LogP contribution < -0.4 is 9.62 Å². The Morgan fingerprint density at radius 3 is 2.42 bits per heavy atom. The van der Waals surface area contributed by atoms with Gasteiger partial charge in [-0.05, 0) is 48.2 Å². The lowest BCUT2D eigenvalue weighted by Gasteiger charge is -2.22. The van der Waals surface area contributed by atoms with E-state index in [-0.39, 0.29) is 12.5 Å². The summed E-state index contributed by atoms with van der Waals surface area (Å²) in [4.78, 5) is 26.1. The molecule has 2 aromatic carbocycles. The lowest BCUT2D eigenvalue weighted by Crippen LogP contribution is -2.40. The van der Waals surface area contributed by atoms with E-state index in [2.05, 4.69) is 21.2 Å². The number of nitrogens with one attached hydrogen (secondary N) is 1. The van der Waals surface area contributed by atoms with Crippen LogP contribution in [0.25, 0.3) is 0 Å². The molecule has 0 atom stereocenters. The predicted molar refractivity (Wildman–Crippen MR) is 124 cm³/mol. The van der Waals surface area contributed by atoms with Gasteiger partial charge in [0.05, 0.1) is 11.9 Å². The number of carbonyl (C=O) groups excluding carboxylic acids is 2. The van der Waals surface area contributed by atoms with Crippen molar-refractivity contribution >= 4 is 43.5 Å². The highest BCUT2D eigenvalue weighted by atomic mass is 79.9. The molecule has 0 spiro atoms. The molecule has 2 aromatic rings. The molecule has 0 unspecified atom stereocenters. The van der Waals surface area contributed by atoms with Gasteiger partial charge in [-0.2, -0.15) is 0 Å². The van der Waals surface area contributed by atoms with Crippen LogP contribution in [0.3, 0.4) is 0 Å². The zero-order valence-corrected chi connectivity index (χ0v) is 20.0. The molecule has 1 aliphatic heterocycles. The van der Waals surface area contributed by atoms with Crippen molar-refractivity contribution in [3.05, 3.63) is 63.6 Å². The van der Waals surface area contributed by atoms with Gasteiger partial charge in [-0.25, -0.2) is 8.42 Å². The normalized spacial score (nSPS) is 14.0. The molecule has 1 fully saturated rings. The first kappa shape index (κ1) is 23.3. The zero-order chi connectivity index (χ0) is 22.6. The highest BCUT2D eigenvalue weighted by Gasteiger charge is 2.22.